The Kier molecular flexibility index (Phi) is 4.68. The van der Waals surface area contributed by atoms with E-state index in [4.69, 9.17) is 4.74 Å². The van der Waals surface area contributed by atoms with Crippen molar-refractivity contribution in [1.29, 1.82) is 0 Å². The summed E-state index contributed by atoms with van der Waals surface area (Å²) in [7, 11) is 1.61. The minimum atomic E-state index is -0.185. The number of carbonyl (C=O) groups is 2. The Morgan fingerprint density at radius 2 is 1.83 bits per heavy atom. The molecule has 1 N–H and O–H groups in total. The zero-order valence-electron chi connectivity index (χ0n) is 17.5. The van der Waals surface area contributed by atoms with Gasteiger partial charge in [-0.2, -0.15) is 0 Å². The van der Waals surface area contributed by atoms with E-state index in [1.54, 1.807) is 7.11 Å². The molecule has 2 amide bonds. The summed E-state index contributed by atoms with van der Waals surface area (Å²) >= 11 is 0. The Morgan fingerprint density at radius 1 is 1.17 bits per heavy atom. The first-order valence-electron chi connectivity index (χ1n) is 11.1. The highest BCUT2D eigenvalue weighted by atomic mass is 16.5. The first-order valence-corrected chi connectivity index (χ1v) is 11.1. The zero-order valence-corrected chi connectivity index (χ0v) is 17.5. The number of imidazole rings is 1. The van der Waals surface area contributed by atoms with E-state index in [2.05, 4.69) is 22.1 Å². The van der Waals surface area contributed by atoms with E-state index >= 15 is 0 Å². The Bertz CT molecular complexity index is 782. The average Bonchev–Trinajstić information content (AvgIpc) is 3.12. The summed E-state index contributed by atoms with van der Waals surface area (Å²) in [6.07, 6.45) is 9.10. The van der Waals surface area contributed by atoms with Crippen molar-refractivity contribution in [1.82, 2.24) is 19.8 Å². The van der Waals surface area contributed by atoms with Crippen LogP contribution >= 0.6 is 0 Å². The highest BCUT2D eigenvalue weighted by Gasteiger charge is 2.56. The van der Waals surface area contributed by atoms with E-state index in [0.29, 0.717) is 37.8 Å². The summed E-state index contributed by atoms with van der Waals surface area (Å²) in [4.78, 5) is 32.8. The minimum Gasteiger partial charge on any atom is -0.383 e. The summed E-state index contributed by atoms with van der Waals surface area (Å²) in [5.74, 6) is 3.27. The molecule has 29 heavy (non-hydrogen) atoms. The van der Waals surface area contributed by atoms with Crippen molar-refractivity contribution in [2.24, 2.45) is 23.2 Å². The van der Waals surface area contributed by atoms with Gasteiger partial charge >= 0.3 is 0 Å². The molecule has 0 radical (unpaired) electrons. The molecule has 158 valence electrons. The number of hydrogen-bond donors (Lipinski definition) is 1. The first kappa shape index (κ1) is 19.1. The highest BCUT2D eigenvalue weighted by Crippen LogP contribution is 2.61. The Balaban J connectivity index is 1.33. The van der Waals surface area contributed by atoms with E-state index in [1.807, 2.05) is 10.8 Å². The number of ether oxygens (including phenoxy) is 1. The van der Waals surface area contributed by atoms with Crippen LogP contribution in [-0.4, -0.2) is 53.1 Å². The fourth-order valence-corrected chi connectivity index (χ4v) is 6.91. The molecule has 4 fully saturated rings. The van der Waals surface area contributed by atoms with Gasteiger partial charge in [-0.05, 0) is 63.2 Å². The number of hydrogen-bond acceptors (Lipinski definition) is 4. The molecule has 2 heterocycles. The molecule has 0 unspecified atom stereocenters. The van der Waals surface area contributed by atoms with Crippen molar-refractivity contribution in [3.05, 3.63) is 17.7 Å². The lowest BCUT2D eigenvalue weighted by molar-refractivity contribution is -0.161. The average molecular weight is 401 g/mol. The number of amides is 2. The number of aromatic nitrogens is 2. The van der Waals surface area contributed by atoms with E-state index in [1.165, 1.54) is 19.3 Å². The maximum atomic E-state index is 13.8. The molecule has 1 atom stereocenters. The molecule has 7 heteroatoms. The third kappa shape index (κ3) is 3.18. The van der Waals surface area contributed by atoms with E-state index in [-0.39, 0.29) is 17.4 Å². The van der Waals surface area contributed by atoms with Gasteiger partial charge in [0.2, 0.25) is 5.91 Å². The molecule has 4 bridgehead atoms. The second kappa shape index (κ2) is 7.11. The van der Waals surface area contributed by atoms with Gasteiger partial charge in [0.15, 0.2) is 0 Å². The number of rotatable bonds is 5. The van der Waals surface area contributed by atoms with Gasteiger partial charge < -0.3 is 19.5 Å². The van der Waals surface area contributed by atoms with Gasteiger partial charge in [0.1, 0.15) is 11.5 Å². The van der Waals surface area contributed by atoms with Crippen molar-refractivity contribution >= 4 is 11.8 Å². The highest BCUT2D eigenvalue weighted by molar-refractivity contribution is 5.92. The van der Waals surface area contributed by atoms with Gasteiger partial charge in [-0.25, -0.2) is 4.98 Å². The third-order valence-electron chi connectivity index (χ3n) is 7.81. The molecule has 7 nitrogen and oxygen atoms in total. The standard InChI is InChI=1S/C22H32N4O3/c1-14-19-24-18(20(27)23-3-6-29-2)13-25(19)4-5-26(14)21(28)22-10-15-7-16(11-22)9-17(8-15)12-22/h13-17H,3-12H2,1-2H3,(H,23,27)/t14-,15?,16?,17?,22?/m1/s1. The second-order valence-electron chi connectivity index (χ2n) is 9.80. The maximum Gasteiger partial charge on any atom is 0.271 e. The van der Waals surface area contributed by atoms with Crippen LogP contribution in [0.25, 0.3) is 0 Å². The zero-order chi connectivity index (χ0) is 20.2. The van der Waals surface area contributed by atoms with Crippen LogP contribution in [0.15, 0.2) is 6.20 Å². The molecule has 4 aliphatic carbocycles. The number of nitrogens with zero attached hydrogens (tertiary/aromatic N) is 3. The largest absolute Gasteiger partial charge is 0.383 e. The van der Waals surface area contributed by atoms with Crippen molar-refractivity contribution in [2.45, 2.75) is 58.0 Å². The summed E-state index contributed by atoms with van der Waals surface area (Å²) in [6.45, 7) is 4.40. The fourth-order valence-electron chi connectivity index (χ4n) is 6.91. The number of nitrogens with one attached hydrogen (secondary N) is 1. The Morgan fingerprint density at radius 3 is 2.45 bits per heavy atom. The van der Waals surface area contributed by atoms with Crippen LogP contribution in [0.5, 0.6) is 0 Å². The second-order valence-corrected chi connectivity index (χ2v) is 9.80. The van der Waals surface area contributed by atoms with Gasteiger partial charge in [-0.1, -0.05) is 0 Å². The number of carbonyl (C=O) groups excluding carboxylic acids is 2. The van der Waals surface area contributed by atoms with Gasteiger partial charge in [-0.15, -0.1) is 0 Å². The molecule has 5 aliphatic rings. The molecular formula is C22H32N4O3. The van der Waals surface area contributed by atoms with Gasteiger partial charge in [0.25, 0.3) is 5.91 Å². The lowest BCUT2D eigenvalue weighted by Gasteiger charge is -2.57. The van der Waals surface area contributed by atoms with E-state index in [0.717, 1.165) is 42.8 Å². The molecule has 1 aliphatic heterocycles. The van der Waals surface area contributed by atoms with Crippen LogP contribution in [-0.2, 0) is 16.1 Å². The van der Waals surface area contributed by atoms with Crippen molar-refractivity contribution < 1.29 is 14.3 Å². The van der Waals surface area contributed by atoms with Crippen LogP contribution < -0.4 is 5.32 Å². The smallest absolute Gasteiger partial charge is 0.271 e. The molecule has 0 aromatic carbocycles. The molecule has 0 spiro atoms. The van der Waals surface area contributed by atoms with E-state index in [9.17, 15) is 9.59 Å². The van der Waals surface area contributed by atoms with Crippen LogP contribution in [0.2, 0.25) is 0 Å². The summed E-state index contributed by atoms with van der Waals surface area (Å²) < 4.78 is 7.02. The quantitative estimate of drug-likeness (QED) is 0.770. The predicted octanol–water partition coefficient (Wildman–Crippen LogP) is 2.38. The normalized spacial score (nSPS) is 34.9. The fraction of sp³-hybridized carbons (Fsp3) is 0.773. The molecule has 6 rings (SSSR count). The van der Waals surface area contributed by atoms with Crippen molar-refractivity contribution in [2.75, 3.05) is 26.8 Å². The van der Waals surface area contributed by atoms with Crippen LogP contribution in [0.4, 0.5) is 0 Å². The Labute approximate surface area is 172 Å². The molecule has 1 aromatic heterocycles. The van der Waals surface area contributed by atoms with Crippen LogP contribution in [0, 0.1) is 23.2 Å². The summed E-state index contributed by atoms with van der Waals surface area (Å²) in [5.41, 5.74) is 0.296. The Hall–Kier alpha value is -1.89. The summed E-state index contributed by atoms with van der Waals surface area (Å²) in [5, 5.41) is 2.83. The lowest BCUT2D eigenvalue weighted by Crippen LogP contribution is -2.56. The SMILES string of the molecule is COCCNC(=O)c1cn2c(n1)[C@@H](C)N(C(=O)C13CC4CC(CC(C4)C1)C3)CC2. The van der Waals surface area contributed by atoms with Crippen molar-refractivity contribution in [3.63, 3.8) is 0 Å². The number of fused-ring (bicyclic) bond motifs is 1. The van der Waals surface area contributed by atoms with E-state index < -0.39 is 0 Å². The number of methoxy groups -OCH3 is 1. The monoisotopic (exact) mass is 400 g/mol. The molecule has 1 aromatic rings. The maximum absolute atomic E-state index is 13.8. The van der Waals surface area contributed by atoms with Crippen LogP contribution in [0.3, 0.4) is 0 Å². The van der Waals surface area contributed by atoms with Crippen molar-refractivity contribution in [3.8, 4) is 0 Å². The lowest BCUT2D eigenvalue weighted by atomic mass is 9.49. The third-order valence-corrected chi connectivity index (χ3v) is 7.81. The minimum absolute atomic E-state index is 0.0928. The first-order chi connectivity index (χ1) is 14.0. The molecular weight excluding hydrogens is 368 g/mol. The van der Waals surface area contributed by atoms with Crippen LogP contribution in [0.1, 0.15) is 67.8 Å². The summed E-state index contributed by atoms with van der Waals surface area (Å²) in [6, 6.07) is -0.0928. The molecule has 4 saturated carbocycles. The van der Waals surface area contributed by atoms with Gasteiger partial charge in [-0.3, -0.25) is 9.59 Å². The van der Waals surface area contributed by atoms with Gasteiger partial charge in [0, 0.05) is 32.9 Å². The van der Waals surface area contributed by atoms with Gasteiger partial charge in [0.05, 0.1) is 18.1 Å². The topological polar surface area (TPSA) is 76.5 Å². The predicted molar refractivity (Wildman–Crippen MR) is 107 cm³/mol. The molecule has 0 saturated heterocycles.